The normalized spacial score (nSPS) is 10.9. The van der Waals surface area contributed by atoms with Gasteiger partial charge in [-0.25, -0.2) is 8.78 Å². The first-order chi connectivity index (χ1) is 8.61. The second-order valence-corrected chi connectivity index (χ2v) is 5.23. The molecule has 0 saturated carbocycles. The lowest BCUT2D eigenvalue weighted by Crippen LogP contribution is -2.36. The van der Waals surface area contributed by atoms with Crippen LogP contribution in [0.3, 0.4) is 0 Å². The minimum absolute atomic E-state index is 0.148. The number of unbranched alkanes of at least 4 members (excludes halogenated alkanes) is 5. The molecule has 0 spiro atoms. The monoisotopic (exact) mass is 327 g/mol. The highest BCUT2D eigenvalue weighted by Gasteiger charge is 2.16. The molecule has 0 bridgehead atoms. The van der Waals surface area contributed by atoms with Crippen molar-refractivity contribution in [3.8, 4) is 0 Å². The largest absolute Gasteiger partial charge is 0.336 e. The first kappa shape index (κ1) is 17.8. The van der Waals surface area contributed by atoms with Crippen molar-refractivity contribution in [2.24, 2.45) is 0 Å². The average molecular weight is 328 g/mol. The molecule has 0 radical (unpaired) electrons. The summed E-state index contributed by atoms with van der Waals surface area (Å²) in [5.74, 6) is -0.148. The maximum Gasteiger partial charge on any atom is 0.255 e. The van der Waals surface area contributed by atoms with E-state index in [0.717, 1.165) is 19.3 Å². The van der Waals surface area contributed by atoms with E-state index in [9.17, 15) is 13.6 Å². The molecule has 0 rings (SSSR count). The van der Waals surface area contributed by atoms with Crippen LogP contribution in [0, 0.1) is 0 Å². The van der Waals surface area contributed by atoms with Gasteiger partial charge in [0.15, 0.2) is 0 Å². The van der Waals surface area contributed by atoms with Gasteiger partial charge in [0.1, 0.15) is 0 Å². The average Bonchev–Trinajstić information content (AvgIpc) is 2.32. The topological polar surface area (TPSA) is 20.3 Å². The van der Waals surface area contributed by atoms with E-state index in [1.165, 1.54) is 24.2 Å². The van der Waals surface area contributed by atoms with Gasteiger partial charge < -0.3 is 4.90 Å². The third kappa shape index (κ3) is 9.80. The fourth-order valence-corrected chi connectivity index (χ4v) is 2.23. The number of amides is 1. The molecule has 0 aromatic carbocycles. The Labute approximate surface area is 117 Å². The van der Waals surface area contributed by atoms with Crippen molar-refractivity contribution in [2.45, 2.75) is 58.3 Å². The summed E-state index contributed by atoms with van der Waals surface area (Å²) in [6.45, 7) is 2.07. The minimum Gasteiger partial charge on any atom is -0.336 e. The molecule has 18 heavy (non-hydrogen) atoms. The van der Waals surface area contributed by atoms with E-state index in [-0.39, 0.29) is 5.91 Å². The Hall–Kier alpha value is -0.190. The summed E-state index contributed by atoms with van der Waals surface area (Å²) in [4.78, 5) is 13.0. The van der Waals surface area contributed by atoms with Gasteiger partial charge in [0, 0.05) is 18.3 Å². The van der Waals surface area contributed by atoms with Crippen molar-refractivity contribution < 1.29 is 13.6 Å². The Morgan fingerprint density at radius 1 is 1.17 bits per heavy atom. The van der Waals surface area contributed by atoms with Gasteiger partial charge in [-0.05, 0) is 6.42 Å². The molecule has 0 fully saturated rings. The summed E-state index contributed by atoms with van der Waals surface area (Å²) in [5.41, 5.74) is 0. The van der Waals surface area contributed by atoms with Crippen LogP contribution in [0.15, 0.2) is 0 Å². The summed E-state index contributed by atoms with van der Waals surface area (Å²) in [5, 5.41) is 0.544. The molecule has 0 saturated heterocycles. The molecule has 108 valence electrons. The Bertz CT molecular complexity index is 215. The van der Waals surface area contributed by atoms with E-state index in [1.807, 2.05) is 0 Å². The van der Waals surface area contributed by atoms with E-state index in [4.69, 9.17) is 0 Å². The Kier molecular flexibility index (Phi) is 11.8. The molecule has 0 aromatic rings. The van der Waals surface area contributed by atoms with Gasteiger partial charge in [0.2, 0.25) is 5.91 Å². The van der Waals surface area contributed by atoms with Gasteiger partial charge in [-0.1, -0.05) is 55.0 Å². The number of hydrogen-bond acceptors (Lipinski definition) is 1. The zero-order valence-electron chi connectivity index (χ0n) is 11.1. The van der Waals surface area contributed by atoms with E-state index < -0.39 is 13.0 Å². The number of carbonyl (C=O) groups is 1. The second-order valence-electron chi connectivity index (χ2n) is 4.44. The van der Waals surface area contributed by atoms with Crippen molar-refractivity contribution in [3.63, 3.8) is 0 Å². The lowest BCUT2D eigenvalue weighted by atomic mass is 10.1. The highest BCUT2D eigenvalue weighted by molar-refractivity contribution is 9.09. The van der Waals surface area contributed by atoms with Crippen LogP contribution in [0.1, 0.15) is 51.9 Å². The predicted octanol–water partition coefficient (Wildman–Crippen LogP) is 4.23. The van der Waals surface area contributed by atoms with Crippen molar-refractivity contribution in [3.05, 3.63) is 0 Å². The third-order valence-electron chi connectivity index (χ3n) is 2.81. The number of nitrogens with zero attached hydrogens (tertiary/aromatic N) is 1. The number of halogens is 3. The summed E-state index contributed by atoms with van der Waals surface area (Å²) < 4.78 is 24.6. The summed E-state index contributed by atoms with van der Waals surface area (Å²) in [7, 11) is 0. The molecule has 0 N–H and O–H groups in total. The molecule has 0 atom stereocenters. The quantitative estimate of drug-likeness (QED) is 0.411. The lowest BCUT2D eigenvalue weighted by molar-refractivity contribution is -0.132. The Morgan fingerprint density at radius 2 is 1.78 bits per heavy atom. The van der Waals surface area contributed by atoms with Crippen LogP contribution < -0.4 is 0 Å². The molecule has 0 aliphatic heterocycles. The number of rotatable bonds is 11. The van der Waals surface area contributed by atoms with Gasteiger partial charge >= 0.3 is 0 Å². The molecule has 0 aliphatic carbocycles. The van der Waals surface area contributed by atoms with Crippen LogP contribution in [0.25, 0.3) is 0 Å². The summed E-state index contributed by atoms with van der Waals surface area (Å²) in [6.07, 6.45) is 4.54. The highest BCUT2D eigenvalue weighted by Crippen LogP contribution is 2.09. The predicted molar refractivity (Wildman–Crippen MR) is 74.4 cm³/mol. The van der Waals surface area contributed by atoms with Crippen LogP contribution in [-0.4, -0.2) is 35.7 Å². The highest BCUT2D eigenvalue weighted by atomic mass is 79.9. The maximum atomic E-state index is 12.3. The van der Waals surface area contributed by atoms with Gasteiger partial charge in [-0.15, -0.1) is 0 Å². The fraction of sp³-hybridized carbons (Fsp3) is 0.923. The first-order valence-corrected chi connectivity index (χ1v) is 7.85. The minimum atomic E-state index is -2.45. The van der Waals surface area contributed by atoms with Gasteiger partial charge in [0.05, 0.1) is 6.54 Å². The molecular formula is C13H24BrF2NO. The smallest absolute Gasteiger partial charge is 0.255 e. The Morgan fingerprint density at radius 3 is 2.33 bits per heavy atom. The SMILES string of the molecule is CCCCCCCCC(=O)N(CCBr)CC(F)F. The van der Waals surface area contributed by atoms with Crippen LogP contribution in [0.5, 0.6) is 0 Å². The molecule has 0 aliphatic rings. The number of alkyl halides is 3. The number of hydrogen-bond donors (Lipinski definition) is 0. The molecule has 2 nitrogen and oxygen atoms in total. The van der Waals surface area contributed by atoms with Crippen LogP contribution in [0.4, 0.5) is 8.78 Å². The van der Waals surface area contributed by atoms with Crippen LogP contribution in [0.2, 0.25) is 0 Å². The van der Waals surface area contributed by atoms with Crippen molar-refractivity contribution in [2.75, 3.05) is 18.4 Å². The van der Waals surface area contributed by atoms with E-state index >= 15 is 0 Å². The first-order valence-electron chi connectivity index (χ1n) is 6.73. The molecular weight excluding hydrogens is 304 g/mol. The Balaban J connectivity index is 3.74. The summed E-state index contributed by atoms with van der Waals surface area (Å²) in [6, 6.07) is 0. The van der Waals surface area contributed by atoms with E-state index in [1.54, 1.807) is 0 Å². The molecule has 1 amide bonds. The second kappa shape index (κ2) is 11.9. The molecule has 0 heterocycles. The third-order valence-corrected chi connectivity index (χ3v) is 3.16. The lowest BCUT2D eigenvalue weighted by Gasteiger charge is -2.21. The standard InChI is InChI=1S/C13H24BrF2NO/c1-2-3-4-5-6-7-8-13(18)17(10-9-14)11-12(15)16/h12H,2-11H2,1H3. The zero-order valence-corrected chi connectivity index (χ0v) is 12.7. The van der Waals surface area contributed by atoms with Gasteiger partial charge in [-0.2, -0.15) is 0 Å². The van der Waals surface area contributed by atoms with Crippen LogP contribution in [-0.2, 0) is 4.79 Å². The number of carbonyl (C=O) groups excluding carboxylic acids is 1. The van der Waals surface area contributed by atoms with Crippen molar-refractivity contribution in [1.82, 2.24) is 4.90 Å². The summed E-state index contributed by atoms with van der Waals surface area (Å²) >= 11 is 3.18. The fourth-order valence-electron chi connectivity index (χ4n) is 1.80. The zero-order chi connectivity index (χ0) is 13.8. The molecule has 0 aromatic heterocycles. The van der Waals surface area contributed by atoms with Crippen molar-refractivity contribution in [1.29, 1.82) is 0 Å². The molecule has 0 unspecified atom stereocenters. The maximum absolute atomic E-state index is 12.3. The molecule has 5 heteroatoms. The van der Waals surface area contributed by atoms with Gasteiger partial charge in [0.25, 0.3) is 6.43 Å². The van der Waals surface area contributed by atoms with E-state index in [2.05, 4.69) is 22.9 Å². The van der Waals surface area contributed by atoms with E-state index in [0.29, 0.717) is 18.3 Å². The van der Waals surface area contributed by atoms with Crippen LogP contribution >= 0.6 is 15.9 Å². The van der Waals surface area contributed by atoms with Crippen molar-refractivity contribution >= 4 is 21.8 Å². The van der Waals surface area contributed by atoms with Gasteiger partial charge in [-0.3, -0.25) is 4.79 Å².